The molecule has 0 saturated carbocycles. The van der Waals surface area contributed by atoms with Crippen LogP contribution in [0.4, 0.5) is 0 Å². The van der Waals surface area contributed by atoms with Gasteiger partial charge in [0, 0.05) is 0 Å². The van der Waals surface area contributed by atoms with Gasteiger partial charge >= 0.3 is 55.8 Å². The van der Waals surface area contributed by atoms with Crippen molar-refractivity contribution in [2.75, 3.05) is 0 Å². The zero-order chi connectivity index (χ0) is 0. The minimum absolute atomic E-state index is 0. The molecule has 0 unspecified atom stereocenters. The fourth-order valence-corrected chi connectivity index (χ4v) is 0. The van der Waals surface area contributed by atoms with Crippen LogP contribution in [0.2, 0.25) is 0 Å². The summed E-state index contributed by atoms with van der Waals surface area (Å²) in [7, 11) is 0. The summed E-state index contributed by atoms with van der Waals surface area (Å²) in [5.74, 6) is 0. The molecule has 0 atom stereocenters. The van der Waals surface area contributed by atoms with Crippen molar-refractivity contribution in [3.05, 3.63) is 0 Å². The molecular weight excluding hydrogens is 401 g/mol. The van der Waals surface area contributed by atoms with Gasteiger partial charge in [0.15, 0.2) is 0 Å². The van der Waals surface area contributed by atoms with Gasteiger partial charge in [-0.2, -0.15) is 0 Å². The Morgan fingerprint density at radius 3 is 0.211 bits per heavy atom. The standard InChI is InChI=1S/5FH.Na.12H2O.Zr/h5*1H;;12*1H2;/q;;;;;+1;;;;;;;;;;;;;+4/p-5. The fraction of sp³-hybridized carbons (Fsp3) is 0. The molecule has 0 aromatic heterocycles. The number of halogens is 5. The van der Waals surface area contributed by atoms with Crippen LogP contribution in [0, 0.1) is 0 Å². The molecule has 0 heterocycles. The van der Waals surface area contributed by atoms with E-state index in [9.17, 15) is 0 Å². The van der Waals surface area contributed by atoms with E-state index in [0.717, 1.165) is 0 Å². The third-order valence-corrected chi connectivity index (χ3v) is 0. The summed E-state index contributed by atoms with van der Waals surface area (Å²) in [6.45, 7) is 0. The van der Waals surface area contributed by atoms with Crippen molar-refractivity contribution in [1.82, 2.24) is 0 Å². The third kappa shape index (κ3) is 5000. The van der Waals surface area contributed by atoms with E-state index in [1.54, 1.807) is 0 Å². The maximum Gasteiger partial charge on any atom is 4.00 e. The summed E-state index contributed by atoms with van der Waals surface area (Å²) < 4.78 is 0. The van der Waals surface area contributed by atoms with Crippen molar-refractivity contribution in [1.29, 1.82) is 0 Å². The zero-order valence-corrected chi connectivity index (χ0v) is 13.8. The molecule has 0 amide bonds. The Morgan fingerprint density at radius 1 is 0.211 bits per heavy atom. The van der Waals surface area contributed by atoms with E-state index >= 15 is 0 Å². The molecule has 0 rings (SSSR count). The molecule has 0 aromatic carbocycles. The van der Waals surface area contributed by atoms with Crippen molar-refractivity contribution >= 4 is 0 Å². The first-order valence-corrected chi connectivity index (χ1v) is 0. The van der Waals surface area contributed by atoms with E-state index in [1.807, 2.05) is 0 Å². The monoisotopic (exact) mass is 424 g/mol. The Bertz CT molecular complexity index is 26.1. The first-order chi connectivity index (χ1) is 0. The van der Waals surface area contributed by atoms with Crippen LogP contribution in [-0.4, -0.2) is 65.7 Å². The second-order valence-electron chi connectivity index (χ2n) is 0. The molecule has 0 bridgehead atoms. The molecule has 0 aromatic rings. The van der Waals surface area contributed by atoms with Gasteiger partial charge < -0.3 is 89.2 Å². The van der Waals surface area contributed by atoms with Crippen LogP contribution in [0.5, 0.6) is 0 Å². The largest absolute Gasteiger partial charge is 4.00 e. The first kappa shape index (κ1) is 6560. The van der Waals surface area contributed by atoms with Gasteiger partial charge in [0.05, 0.1) is 0 Å². The van der Waals surface area contributed by atoms with Crippen molar-refractivity contribution in [3.63, 3.8) is 0 Å². The van der Waals surface area contributed by atoms with Crippen LogP contribution < -0.4 is 53.1 Å². The molecule has 0 aliphatic carbocycles. The van der Waals surface area contributed by atoms with Crippen LogP contribution in [0.15, 0.2) is 0 Å². The molecule has 0 fully saturated rings. The molecule has 19 heavy (non-hydrogen) atoms. The molecule has 0 aliphatic rings. The van der Waals surface area contributed by atoms with Crippen molar-refractivity contribution < 1.29 is 145 Å². The Morgan fingerprint density at radius 2 is 0.211 bits per heavy atom. The smallest absolute Gasteiger partial charge is 1.00 e. The van der Waals surface area contributed by atoms with Crippen LogP contribution in [0.3, 0.4) is 0 Å². The van der Waals surface area contributed by atoms with Crippen LogP contribution in [0.25, 0.3) is 0 Å². The van der Waals surface area contributed by atoms with Gasteiger partial charge in [-0.3, -0.25) is 0 Å². The van der Waals surface area contributed by atoms with Gasteiger partial charge in [0.2, 0.25) is 0 Å². The summed E-state index contributed by atoms with van der Waals surface area (Å²) in [6.07, 6.45) is 0. The van der Waals surface area contributed by atoms with Gasteiger partial charge in [0.25, 0.3) is 0 Å². The Hall–Kier alpha value is 1.05. The zero-order valence-electron chi connectivity index (χ0n) is 9.39. The molecule has 0 aliphatic heterocycles. The topological polar surface area (TPSA) is 378 Å². The molecular formula is H24F5NaO12Zr. The molecule has 0 saturated heterocycles. The summed E-state index contributed by atoms with van der Waals surface area (Å²) in [6, 6.07) is 0. The van der Waals surface area contributed by atoms with Gasteiger partial charge in [0.1, 0.15) is 0 Å². The molecule has 12 nitrogen and oxygen atoms in total. The van der Waals surface area contributed by atoms with Gasteiger partial charge in [-0.05, 0) is 0 Å². The first-order valence-electron chi connectivity index (χ1n) is 0. The van der Waals surface area contributed by atoms with E-state index in [4.69, 9.17) is 0 Å². The van der Waals surface area contributed by atoms with E-state index in [0.29, 0.717) is 0 Å². The molecule has 0 radical (unpaired) electrons. The van der Waals surface area contributed by atoms with Crippen LogP contribution >= 0.6 is 0 Å². The Labute approximate surface area is 144 Å². The van der Waals surface area contributed by atoms with Crippen molar-refractivity contribution in [2.45, 2.75) is 0 Å². The van der Waals surface area contributed by atoms with E-state index in [1.165, 1.54) is 0 Å². The molecule has 136 valence electrons. The summed E-state index contributed by atoms with van der Waals surface area (Å²) >= 11 is 0. The summed E-state index contributed by atoms with van der Waals surface area (Å²) in [5, 5.41) is 0. The van der Waals surface area contributed by atoms with Gasteiger partial charge in [-0.1, -0.05) is 0 Å². The second kappa shape index (κ2) is 5600. The number of rotatable bonds is 0. The average Bonchev–Trinajstić information content (AvgIpc) is 0. The van der Waals surface area contributed by atoms with Crippen molar-refractivity contribution in [2.24, 2.45) is 0 Å². The third-order valence-electron chi connectivity index (χ3n) is 0. The predicted molar refractivity (Wildman–Crippen MR) is 43.4 cm³/mol. The normalized spacial score (nSPS) is 0. The quantitative estimate of drug-likeness (QED) is 0.257. The minimum atomic E-state index is 0. The van der Waals surface area contributed by atoms with Crippen LogP contribution in [-0.2, 0) is 26.2 Å². The molecule has 0 spiro atoms. The summed E-state index contributed by atoms with van der Waals surface area (Å²) in [5.41, 5.74) is 0. The van der Waals surface area contributed by atoms with E-state index < -0.39 is 0 Å². The number of hydrogen-bond acceptors (Lipinski definition) is 0. The van der Waals surface area contributed by atoms with E-state index in [2.05, 4.69) is 0 Å². The van der Waals surface area contributed by atoms with Crippen molar-refractivity contribution in [3.8, 4) is 0 Å². The Balaban J connectivity index is 0. The second-order valence-corrected chi connectivity index (χ2v) is 0. The van der Waals surface area contributed by atoms with Crippen LogP contribution in [0.1, 0.15) is 0 Å². The van der Waals surface area contributed by atoms with Gasteiger partial charge in [-0.25, -0.2) is 0 Å². The fourth-order valence-electron chi connectivity index (χ4n) is 0. The average molecular weight is 425 g/mol. The number of hydrogen-bond donors (Lipinski definition) is 0. The summed E-state index contributed by atoms with van der Waals surface area (Å²) in [4.78, 5) is 0. The molecule has 19 heteroatoms. The van der Waals surface area contributed by atoms with Gasteiger partial charge in [-0.15, -0.1) is 0 Å². The molecule has 24 N–H and O–H groups in total. The SMILES string of the molecule is O.O.O.O.O.O.O.O.O.O.O.O.[F-].[F-].[F-].[F-].[F-].[Na+].[Zr+4]. The predicted octanol–water partition coefficient (Wildman–Crippen LogP) is -27.9. The minimum Gasteiger partial charge on any atom is -1.00 e. The van der Waals surface area contributed by atoms with E-state index in [-0.39, 0.29) is 145 Å². The maximum atomic E-state index is 0. The maximum absolute atomic E-state index is 0. The Kier molecular flexibility index (Phi) is 1930000.